The number of rotatable bonds is 3. The lowest BCUT2D eigenvalue weighted by Gasteiger charge is -2.17. The Bertz CT molecular complexity index is 647. The van der Waals surface area contributed by atoms with E-state index in [1.165, 1.54) is 0 Å². The molecule has 2 heterocycles. The van der Waals surface area contributed by atoms with Gasteiger partial charge in [-0.3, -0.25) is 9.59 Å². The zero-order chi connectivity index (χ0) is 13.4. The monoisotopic (exact) mass is 258 g/mol. The number of para-hydroxylation sites is 1. The highest BCUT2D eigenvalue weighted by Gasteiger charge is 2.32. The molecule has 5 nitrogen and oxygen atoms in total. The van der Waals surface area contributed by atoms with Gasteiger partial charge in [0.25, 0.3) is 0 Å². The van der Waals surface area contributed by atoms with E-state index >= 15 is 0 Å². The molecule has 1 aromatic carbocycles. The lowest BCUT2D eigenvalue weighted by Crippen LogP contribution is -2.25. The topological polar surface area (TPSA) is 73.4 Å². The largest absolute Gasteiger partial charge is 0.481 e. The molecule has 0 bridgehead atoms. The predicted octanol–water partition coefficient (Wildman–Crippen LogP) is 2.00. The minimum atomic E-state index is -0.849. The molecule has 0 spiro atoms. The van der Waals surface area contributed by atoms with Crippen LogP contribution in [-0.2, 0) is 9.59 Å². The summed E-state index contributed by atoms with van der Waals surface area (Å²) >= 11 is 0. The highest BCUT2D eigenvalue weighted by Crippen LogP contribution is 2.31. The van der Waals surface area contributed by atoms with Gasteiger partial charge < -0.3 is 15.0 Å². The number of anilines is 1. The number of aromatic nitrogens is 1. The Balaban J connectivity index is 1.92. The van der Waals surface area contributed by atoms with E-state index in [1.807, 2.05) is 30.5 Å². The Hall–Kier alpha value is -2.30. The maximum atomic E-state index is 12.1. The van der Waals surface area contributed by atoms with E-state index in [4.69, 9.17) is 5.11 Å². The van der Waals surface area contributed by atoms with Gasteiger partial charge in [-0.1, -0.05) is 12.1 Å². The summed E-state index contributed by atoms with van der Waals surface area (Å²) in [6, 6.07) is 7.72. The number of hydrogen-bond acceptors (Lipinski definition) is 2. The third kappa shape index (κ3) is 2.07. The van der Waals surface area contributed by atoms with Crippen molar-refractivity contribution in [2.24, 2.45) is 5.92 Å². The van der Waals surface area contributed by atoms with E-state index in [9.17, 15) is 9.59 Å². The fraction of sp³-hybridized carbons (Fsp3) is 0.286. The molecule has 19 heavy (non-hydrogen) atoms. The van der Waals surface area contributed by atoms with Gasteiger partial charge in [0.1, 0.15) is 0 Å². The van der Waals surface area contributed by atoms with Crippen LogP contribution in [0.4, 0.5) is 5.69 Å². The normalized spacial score (nSPS) is 19.3. The molecule has 98 valence electrons. The van der Waals surface area contributed by atoms with Gasteiger partial charge in [0, 0.05) is 24.5 Å². The Morgan fingerprint density at radius 2 is 2.26 bits per heavy atom. The van der Waals surface area contributed by atoms with Gasteiger partial charge in [0.15, 0.2) is 0 Å². The third-order valence-electron chi connectivity index (χ3n) is 3.52. The smallest absolute Gasteiger partial charge is 0.303 e. The standard InChI is InChI=1S/C14H14N2O3/c17-12-6-9(7-13(18)19)8-16(12)11-3-1-2-10-4-5-15-14(10)11/h1-5,9,15H,6-8H2,(H,18,19). The number of hydrogen-bond donors (Lipinski definition) is 2. The maximum absolute atomic E-state index is 12.1. The molecular weight excluding hydrogens is 244 g/mol. The number of aliphatic carboxylic acids is 1. The molecular formula is C14H14N2O3. The summed E-state index contributed by atoms with van der Waals surface area (Å²) in [4.78, 5) is 27.6. The lowest BCUT2D eigenvalue weighted by atomic mass is 10.1. The maximum Gasteiger partial charge on any atom is 0.303 e. The molecule has 1 saturated heterocycles. The van der Waals surface area contributed by atoms with Crippen LogP contribution in [0.2, 0.25) is 0 Å². The summed E-state index contributed by atoms with van der Waals surface area (Å²) in [6.07, 6.45) is 2.19. The average Bonchev–Trinajstić information content (AvgIpc) is 2.94. The van der Waals surface area contributed by atoms with E-state index in [0.29, 0.717) is 13.0 Å². The number of benzene rings is 1. The van der Waals surface area contributed by atoms with Crippen LogP contribution in [-0.4, -0.2) is 28.5 Å². The van der Waals surface area contributed by atoms with Crippen LogP contribution in [0.5, 0.6) is 0 Å². The molecule has 1 fully saturated rings. The number of H-pyrrole nitrogens is 1. The van der Waals surface area contributed by atoms with Crippen molar-refractivity contribution in [1.29, 1.82) is 0 Å². The van der Waals surface area contributed by atoms with Gasteiger partial charge in [0.2, 0.25) is 5.91 Å². The van der Waals surface area contributed by atoms with Crippen LogP contribution < -0.4 is 4.90 Å². The summed E-state index contributed by atoms with van der Waals surface area (Å²) in [7, 11) is 0. The molecule has 1 aliphatic heterocycles. The van der Waals surface area contributed by atoms with Crippen LogP contribution in [0.1, 0.15) is 12.8 Å². The van der Waals surface area contributed by atoms with Gasteiger partial charge in [-0.05, 0) is 18.1 Å². The fourth-order valence-corrected chi connectivity index (χ4v) is 2.69. The zero-order valence-corrected chi connectivity index (χ0v) is 10.3. The van der Waals surface area contributed by atoms with Crippen molar-refractivity contribution in [3.8, 4) is 0 Å². The molecule has 2 N–H and O–H groups in total. The van der Waals surface area contributed by atoms with Crippen LogP contribution in [0.15, 0.2) is 30.5 Å². The summed E-state index contributed by atoms with van der Waals surface area (Å²) in [5.74, 6) is -0.957. The number of carbonyl (C=O) groups is 2. The van der Waals surface area contributed by atoms with Crippen molar-refractivity contribution < 1.29 is 14.7 Å². The first-order valence-corrected chi connectivity index (χ1v) is 6.23. The minimum Gasteiger partial charge on any atom is -0.481 e. The van der Waals surface area contributed by atoms with Crippen LogP contribution >= 0.6 is 0 Å². The minimum absolute atomic E-state index is 0.00616. The average molecular weight is 258 g/mol. The molecule has 1 aromatic heterocycles. The summed E-state index contributed by atoms with van der Waals surface area (Å²) in [5, 5.41) is 9.87. The first kappa shape index (κ1) is 11.8. The van der Waals surface area contributed by atoms with Crippen LogP contribution in [0.3, 0.4) is 0 Å². The molecule has 3 rings (SSSR count). The van der Waals surface area contributed by atoms with Gasteiger partial charge in [0.05, 0.1) is 17.6 Å². The molecule has 0 saturated carbocycles. The number of fused-ring (bicyclic) bond motifs is 1. The molecule has 2 aromatic rings. The molecule has 5 heteroatoms. The van der Waals surface area contributed by atoms with Crippen molar-refractivity contribution in [2.45, 2.75) is 12.8 Å². The number of nitrogens with zero attached hydrogens (tertiary/aromatic N) is 1. The van der Waals surface area contributed by atoms with Gasteiger partial charge >= 0.3 is 5.97 Å². The molecule has 0 aliphatic carbocycles. The second-order valence-electron chi connectivity index (χ2n) is 4.89. The van der Waals surface area contributed by atoms with Gasteiger partial charge in [-0.2, -0.15) is 0 Å². The molecule has 0 radical (unpaired) electrons. The Kier molecular flexibility index (Phi) is 2.74. The number of amides is 1. The van der Waals surface area contributed by atoms with E-state index in [1.54, 1.807) is 4.90 Å². The fourth-order valence-electron chi connectivity index (χ4n) is 2.69. The Morgan fingerprint density at radius 3 is 3.05 bits per heavy atom. The third-order valence-corrected chi connectivity index (χ3v) is 3.52. The SMILES string of the molecule is O=C(O)CC1CC(=O)N(c2cccc3cc[nH]c23)C1. The van der Waals surface area contributed by atoms with E-state index < -0.39 is 5.97 Å². The van der Waals surface area contributed by atoms with Crippen molar-refractivity contribution in [2.75, 3.05) is 11.4 Å². The molecule has 1 unspecified atom stereocenters. The first-order valence-electron chi connectivity index (χ1n) is 6.23. The highest BCUT2D eigenvalue weighted by atomic mass is 16.4. The number of carboxylic acid groups (broad SMARTS) is 1. The van der Waals surface area contributed by atoms with Gasteiger partial charge in [-0.25, -0.2) is 0 Å². The lowest BCUT2D eigenvalue weighted by molar-refractivity contribution is -0.137. The predicted molar refractivity (Wildman–Crippen MR) is 71.0 cm³/mol. The quantitative estimate of drug-likeness (QED) is 0.884. The van der Waals surface area contributed by atoms with E-state index in [-0.39, 0.29) is 18.2 Å². The summed E-state index contributed by atoms with van der Waals surface area (Å²) < 4.78 is 0. The van der Waals surface area contributed by atoms with Crippen molar-refractivity contribution in [3.05, 3.63) is 30.5 Å². The second-order valence-corrected chi connectivity index (χ2v) is 4.89. The van der Waals surface area contributed by atoms with Crippen LogP contribution in [0.25, 0.3) is 10.9 Å². The highest BCUT2D eigenvalue weighted by molar-refractivity contribution is 6.03. The Morgan fingerprint density at radius 1 is 1.42 bits per heavy atom. The molecule has 1 amide bonds. The number of aromatic amines is 1. The van der Waals surface area contributed by atoms with Gasteiger partial charge in [-0.15, -0.1) is 0 Å². The van der Waals surface area contributed by atoms with Crippen molar-refractivity contribution >= 4 is 28.5 Å². The van der Waals surface area contributed by atoms with E-state index in [0.717, 1.165) is 16.6 Å². The first-order chi connectivity index (χ1) is 9.15. The van der Waals surface area contributed by atoms with E-state index in [2.05, 4.69) is 4.98 Å². The Labute approximate surface area is 109 Å². The van der Waals surface area contributed by atoms with Crippen molar-refractivity contribution in [1.82, 2.24) is 4.98 Å². The molecule has 1 atom stereocenters. The zero-order valence-electron chi connectivity index (χ0n) is 10.3. The molecule has 1 aliphatic rings. The summed E-state index contributed by atoms with van der Waals surface area (Å²) in [6.45, 7) is 0.475. The second kappa shape index (κ2) is 4.42. The van der Waals surface area contributed by atoms with Crippen LogP contribution in [0, 0.1) is 5.92 Å². The number of carbonyl (C=O) groups excluding carboxylic acids is 1. The number of carboxylic acids is 1. The van der Waals surface area contributed by atoms with Crippen molar-refractivity contribution in [3.63, 3.8) is 0 Å². The number of nitrogens with one attached hydrogen (secondary N) is 1. The summed E-state index contributed by atoms with van der Waals surface area (Å²) in [5.41, 5.74) is 1.76.